The van der Waals surface area contributed by atoms with Gasteiger partial charge in [0.15, 0.2) is 5.76 Å². The Balaban J connectivity index is 2.46. The second-order valence-electron chi connectivity index (χ2n) is 3.91. The van der Waals surface area contributed by atoms with Gasteiger partial charge in [0.1, 0.15) is 0 Å². The number of benzene rings is 1. The van der Waals surface area contributed by atoms with Crippen LogP contribution in [-0.2, 0) is 10.1 Å². The average Bonchev–Trinajstić information content (AvgIpc) is 2.67. The quantitative estimate of drug-likeness (QED) is 0.840. The van der Waals surface area contributed by atoms with Crippen LogP contribution in [-0.4, -0.2) is 19.3 Å². The van der Waals surface area contributed by atoms with Crippen molar-refractivity contribution in [1.29, 1.82) is 0 Å². The van der Waals surface area contributed by atoms with Gasteiger partial charge in [-0.3, -0.25) is 0 Å². The fourth-order valence-electron chi connectivity index (χ4n) is 1.49. The lowest BCUT2D eigenvalue weighted by molar-refractivity contribution is 0.433. The maximum Gasteiger partial charge on any atom is 0.309 e. The average molecular weight is 318 g/mol. The normalized spacial score (nSPS) is 11.5. The van der Waals surface area contributed by atoms with Crippen LogP contribution in [0.2, 0.25) is 5.02 Å². The lowest BCUT2D eigenvalue weighted by atomic mass is 10.1. The summed E-state index contributed by atoms with van der Waals surface area (Å²) in [6, 6.07) is 6.38. The van der Waals surface area contributed by atoms with Gasteiger partial charge in [0.25, 0.3) is 0 Å². The Kier molecular flexibility index (Phi) is 3.82. The van der Waals surface area contributed by atoms with Crippen molar-refractivity contribution in [1.82, 2.24) is 0 Å². The van der Waals surface area contributed by atoms with E-state index in [-0.39, 0.29) is 17.4 Å². The summed E-state index contributed by atoms with van der Waals surface area (Å²) < 4.78 is 32.7. The number of rotatable bonds is 4. The molecule has 0 saturated carbocycles. The zero-order chi connectivity index (χ0) is 14.9. The second-order valence-corrected chi connectivity index (χ2v) is 6.21. The van der Waals surface area contributed by atoms with Gasteiger partial charge in [-0.1, -0.05) is 11.6 Å². The van der Waals surface area contributed by atoms with Crippen LogP contribution in [0.3, 0.4) is 0 Å². The van der Waals surface area contributed by atoms with Crippen LogP contribution in [0.25, 0.3) is 11.3 Å². The molecule has 20 heavy (non-hydrogen) atoms. The van der Waals surface area contributed by atoms with E-state index in [1.165, 1.54) is 6.92 Å². The number of hydrogen-bond donors (Lipinski definition) is 2. The van der Waals surface area contributed by atoms with Crippen molar-refractivity contribution in [3.63, 3.8) is 0 Å². The standard InChI is InChI=1S/C12H12ClNO5S/c1-2-20(16,17)19-11-9(15)10(18-12(11)14)7-3-5-8(13)6-4-7/h3-6,15H,2,14H2,1H3. The van der Waals surface area contributed by atoms with Crippen LogP contribution in [0, 0.1) is 0 Å². The zero-order valence-corrected chi connectivity index (χ0v) is 12.0. The molecular weight excluding hydrogens is 306 g/mol. The van der Waals surface area contributed by atoms with Gasteiger partial charge in [0.05, 0.1) is 5.75 Å². The summed E-state index contributed by atoms with van der Waals surface area (Å²) in [7, 11) is -3.81. The lowest BCUT2D eigenvalue weighted by Crippen LogP contribution is -2.11. The van der Waals surface area contributed by atoms with Gasteiger partial charge in [-0.05, 0) is 31.2 Å². The predicted octanol–water partition coefficient (Wildman–Crippen LogP) is 2.62. The minimum Gasteiger partial charge on any atom is -0.501 e. The molecule has 0 fully saturated rings. The molecule has 0 radical (unpaired) electrons. The van der Waals surface area contributed by atoms with Crippen LogP contribution >= 0.6 is 11.6 Å². The third-order valence-corrected chi connectivity index (χ3v) is 3.92. The molecule has 1 aromatic heterocycles. The van der Waals surface area contributed by atoms with Crippen molar-refractivity contribution in [2.45, 2.75) is 6.92 Å². The monoisotopic (exact) mass is 317 g/mol. The van der Waals surface area contributed by atoms with Gasteiger partial charge in [-0.15, -0.1) is 0 Å². The molecule has 0 spiro atoms. The molecule has 0 bridgehead atoms. The van der Waals surface area contributed by atoms with Crippen molar-refractivity contribution in [2.75, 3.05) is 11.5 Å². The maximum atomic E-state index is 11.4. The summed E-state index contributed by atoms with van der Waals surface area (Å²) >= 11 is 5.76. The molecule has 108 valence electrons. The van der Waals surface area contributed by atoms with Crippen LogP contribution in [0.15, 0.2) is 28.7 Å². The predicted molar refractivity (Wildman–Crippen MR) is 75.3 cm³/mol. The first-order valence-corrected chi connectivity index (χ1v) is 7.59. The summed E-state index contributed by atoms with van der Waals surface area (Å²) in [6.45, 7) is 1.41. The third kappa shape index (κ3) is 2.83. The first kappa shape index (κ1) is 14.5. The number of halogens is 1. The molecule has 0 aliphatic heterocycles. The summed E-state index contributed by atoms with van der Waals surface area (Å²) in [6.07, 6.45) is 0. The van der Waals surface area contributed by atoms with Crippen LogP contribution in [0.5, 0.6) is 11.5 Å². The van der Waals surface area contributed by atoms with E-state index in [0.29, 0.717) is 10.6 Å². The van der Waals surface area contributed by atoms with E-state index in [1.807, 2.05) is 0 Å². The summed E-state index contributed by atoms with van der Waals surface area (Å²) in [5, 5.41) is 10.5. The number of nitrogens with two attached hydrogens (primary N) is 1. The zero-order valence-electron chi connectivity index (χ0n) is 10.5. The molecule has 0 atom stereocenters. The molecule has 2 rings (SSSR count). The Bertz CT molecular complexity index is 721. The van der Waals surface area contributed by atoms with Gasteiger partial charge in [0, 0.05) is 10.6 Å². The Morgan fingerprint density at radius 1 is 1.35 bits per heavy atom. The first-order valence-electron chi connectivity index (χ1n) is 5.63. The number of anilines is 1. The Morgan fingerprint density at radius 2 is 1.95 bits per heavy atom. The molecule has 1 heterocycles. The topological polar surface area (TPSA) is 103 Å². The van der Waals surface area contributed by atoms with E-state index < -0.39 is 21.6 Å². The number of hydrogen-bond acceptors (Lipinski definition) is 6. The summed E-state index contributed by atoms with van der Waals surface area (Å²) in [5.74, 6) is -1.43. The fourth-order valence-corrected chi connectivity index (χ4v) is 2.15. The molecule has 0 saturated heterocycles. The van der Waals surface area contributed by atoms with E-state index in [0.717, 1.165) is 0 Å². The first-order chi connectivity index (χ1) is 9.34. The van der Waals surface area contributed by atoms with Gasteiger partial charge in [-0.25, -0.2) is 0 Å². The van der Waals surface area contributed by atoms with Crippen molar-refractivity contribution in [3.05, 3.63) is 29.3 Å². The highest BCUT2D eigenvalue weighted by Gasteiger charge is 2.25. The van der Waals surface area contributed by atoms with Gasteiger partial charge < -0.3 is 19.4 Å². The van der Waals surface area contributed by atoms with E-state index in [1.54, 1.807) is 24.3 Å². The lowest BCUT2D eigenvalue weighted by Gasteiger charge is -2.03. The molecule has 3 N–H and O–H groups in total. The highest BCUT2D eigenvalue weighted by atomic mass is 35.5. The largest absolute Gasteiger partial charge is 0.501 e. The second kappa shape index (κ2) is 5.26. The Morgan fingerprint density at radius 3 is 2.50 bits per heavy atom. The minimum atomic E-state index is -3.81. The smallest absolute Gasteiger partial charge is 0.309 e. The SMILES string of the molecule is CCS(=O)(=O)Oc1c(N)oc(-c2ccc(Cl)cc2)c1O. The molecule has 6 nitrogen and oxygen atoms in total. The van der Waals surface area contributed by atoms with Gasteiger partial charge in [0.2, 0.25) is 17.4 Å². The minimum absolute atomic E-state index is 0.0143. The van der Waals surface area contributed by atoms with E-state index in [4.69, 9.17) is 25.9 Å². The molecule has 8 heteroatoms. The van der Waals surface area contributed by atoms with Crippen molar-refractivity contribution in [3.8, 4) is 22.8 Å². The summed E-state index contributed by atoms with van der Waals surface area (Å²) in [4.78, 5) is 0. The van der Waals surface area contributed by atoms with Crippen molar-refractivity contribution < 1.29 is 22.1 Å². The Labute approximate surface area is 120 Å². The van der Waals surface area contributed by atoms with Gasteiger partial charge >= 0.3 is 10.1 Å². The number of furan rings is 1. The third-order valence-electron chi connectivity index (χ3n) is 2.54. The highest BCUT2D eigenvalue weighted by Crippen LogP contribution is 2.45. The Hall–Kier alpha value is -1.86. The van der Waals surface area contributed by atoms with E-state index in [2.05, 4.69) is 0 Å². The molecule has 0 aliphatic rings. The molecule has 0 unspecified atom stereocenters. The highest BCUT2D eigenvalue weighted by molar-refractivity contribution is 7.87. The number of nitrogen functional groups attached to an aromatic ring is 1. The maximum absolute atomic E-state index is 11.4. The summed E-state index contributed by atoms with van der Waals surface area (Å²) in [5.41, 5.74) is 6.02. The van der Waals surface area contributed by atoms with Crippen molar-refractivity contribution >= 4 is 27.6 Å². The van der Waals surface area contributed by atoms with Crippen molar-refractivity contribution in [2.24, 2.45) is 0 Å². The van der Waals surface area contributed by atoms with Crippen LogP contribution in [0.1, 0.15) is 6.92 Å². The van der Waals surface area contributed by atoms with E-state index in [9.17, 15) is 13.5 Å². The molecule has 1 aromatic carbocycles. The molecule has 0 aliphatic carbocycles. The molecular formula is C12H12ClNO5S. The van der Waals surface area contributed by atoms with Crippen LogP contribution in [0.4, 0.5) is 5.88 Å². The van der Waals surface area contributed by atoms with E-state index >= 15 is 0 Å². The molecule has 2 aromatic rings. The van der Waals surface area contributed by atoms with Crippen LogP contribution < -0.4 is 9.92 Å². The number of aromatic hydroxyl groups is 1. The molecule has 0 amide bonds. The van der Waals surface area contributed by atoms with Gasteiger partial charge in [-0.2, -0.15) is 8.42 Å². The fraction of sp³-hybridized carbons (Fsp3) is 0.167.